The molecular weight excluding hydrogens is 456 g/mol. The molecule has 0 bridgehead atoms. The zero-order valence-corrected chi connectivity index (χ0v) is 17.3. The van der Waals surface area contributed by atoms with Gasteiger partial charge in [0.25, 0.3) is 12.3 Å². The fraction of sp³-hybridized carbons (Fsp3) is 0.150. The summed E-state index contributed by atoms with van der Waals surface area (Å²) >= 11 is 11.9. The summed E-state index contributed by atoms with van der Waals surface area (Å²) in [5, 5.41) is 11.4. The SMILES string of the molecule is Cc1nc(Cl)c(C(=O)NCc2ccc(Cl)c(Oc3cc(C#N)cc(C(F)F)c3)c2F)[nH]1. The monoisotopic (exact) mass is 468 g/mol. The zero-order valence-electron chi connectivity index (χ0n) is 15.8. The average molecular weight is 469 g/mol. The molecule has 2 aromatic carbocycles. The van der Waals surface area contributed by atoms with Crippen LogP contribution < -0.4 is 10.1 Å². The number of H-pyrrole nitrogens is 1. The minimum Gasteiger partial charge on any atom is -0.453 e. The molecule has 0 radical (unpaired) electrons. The number of alkyl halides is 2. The van der Waals surface area contributed by atoms with Crippen molar-refractivity contribution in [1.29, 1.82) is 5.26 Å². The van der Waals surface area contributed by atoms with E-state index in [1.807, 2.05) is 0 Å². The lowest BCUT2D eigenvalue weighted by Crippen LogP contribution is -2.24. The van der Waals surface area contributed by atoms with Gasteiger partial charge in [-0.15, -0.1) is 0 Å². The summed E-state index contributed by atoms with van der Waals surface area (Å²) in [7, 11) is 0. The summed E-state index contributed by atoms with van der Waals surface area (Å²) in [5.41, 5.74) is -0.497. The molecule has 1 aromatic heterocycles. The van der Waals surface area contributed by atoms with Gasteiger partial charge in [-0.1, -0.05) is 29.3 Å². The van der Waals surface area contributed by atoms with E-state index in [1.54, 1.807) is 13.0 Å². The predicted octanol–water partition coefficient (Wildman–Crippen LogP) is 5.70. The van der Waals surface area contributed by atoms with Crippen LogP contribution in [-0.2, 0) is 6.54 Å². The van der Waals surface area contributed by atoms with Crippen molar-refractivity contribution < 1.29 is 22.7 Å². The second kappa shape index (κ2) is 9.29. The van der Waals surface area contributed by atoms with E-state index in [4.69, 9.17) is 33.2 Å². The number of carbonyl (C=O) groups is 1. The van der Waals surface area contributed by atoms with Crippen molar-refractivity contribution in [3.63, 3.8) is 0 Å². The van der Waals surface area contributed by atoms with E-state index in [1.165, 1.54) is 18.2 Å². The Hall–Kier alpha value is -3.22. The number of nitrogens with zero attached hydrogens (tertiary/aromatic N) is 2. The third-order valence-corrected chi connectivity index (χ3v) is 4.67. The molecule has 0 saturated heterocycles. The van der Waals surface area contributed by atoms with Gasteiger partial charge in [0.05, 0.1) is 16.7 Å². The Morgan fingerprint density at radius 2 is 2.06 bits per heavy atom. The molecule has 0 aliphatic carbocycles. The van der Waals surface area contributed by atoms with Crippen LogP contribution in [0.25, 0.3) is 0 Å². The number of hydrogen-bond acceptors (Lipinski definition) is 4. The number of amides is 1. The number of rotatable bonds is 6. The lowest BCUT2D eigenvalue weighted by molar-refractivity contribution is 0.0946. The van der Waals surface area contributed by atoms with Gasteiger partial charge in [0.2, 0.25) is 0 Å². The van der Waals surface area contributed by atoms with E-state index in [0.29, 0.717) is 5.82 Å². The maximum Gasteiger partial charge on any atom is 0.271 e. The average Bonchev–Trinajstić information content (AvgIpc) is 3.08. The van der Waals surface area contributed by atoms with Crippen LogP contribution in [0, 0.1) is 24.1 Å². The van der Waals surface area contributed by atoms with Crippen LogP contribution >= 0.6 is 23.2 Å². The van der Waals surface area contributed by atoms with Crippen LogP contribution in [0.15, 0.2) is 30.3 Å². The van der Waals surface area contributed by atoms with Crippen molar-refractivity contribution in [3.05, 3.63) is 74.5 Å². The first-order valence-electron chi connectivity index (χ1n) is 8.68. The Balaban J connectivity index is 1.84. The third kappa shape index (κ3) is 5.10. The Kier molecular flexibility index (Phi) is 6.73. The number of nitriles is 1. The number of hydrogen-bond donors (Lipinski definition) is 2. The predicted molar refractivity (Wildman–Crippen MR) is 107 cm³/mol. The highest BCUT2D eigenvalue weighted by molar-refractivity contribution is 6.32. The minimum absolute atomic E-state index is 0.0191. The largest absolute Gasteiger partial charge is 0.453 e. The number of aryl methyl sites for hydroxylation is 1. The maximum absolute atomic E-state index is 15.0. The van der Waals surface area contributed by atoms with Gasteiger partial charge >= 0.3 is 0 Å². The van der Waals surface area contributed by atoms with Crippen LogP contribution in [0.3, 0.4) is 0 Å². The number of aromatic amines is 1. The Bertz CT molecular complexity index is 1190. The van der Waals surface area contributed by atoms with Crippen molar-refractivity contribution >= 4 is 29.1 Å². The standard InChI is InChI=1S/C20H13Cl2F3N4O2/c1-9-28-16(18(22)29-9)20(30)27-8-11-2-3-14(21)17(15(11)23)31-13-5-10(7-26)4-12(6-13)19(24)25/h2-6,19H,8H2,1H3,(H,27,30)(H,28,29). The van der Waals surface area contributed by atoms with E-state index in [2.05, 4.69) is 15.3 Å². The number of nitrogens with one attached hydrogen (secondary N) is 2. The van der Waals surface area contributed by atoms with Crippen LogP contribution in [0.1, 0.15) is 39.4 Å². The van der Waals surface area contributed by atoms with Gasteiger partial charge < -0.3 is 15.0 Å². The summed E-state index contributed by atoms with van der Waals surface area (Å²) in [5.74, 6) is -1.69. The van der Waals surface area contributed by atoms with E-state index in [-0.39, 0.29) is 39.3 Å². The molecule has 0 atom stereocenters. The molecule has 31 heavy (non-hydrogen) atoms. The number of ether oxygens (including phenoxy) is 1. The van der Waals surface area contributed by atoms with Crippen molar-refractivity contribution in [3.8, 4) is 17.6 Å². The van der Waals surface area contributed by atoms with Gasteiger partial charge in [-0.3, -0.25) is 4.79 Å². The molecule has 160 valence electrons. The van der Waals surface area contributed by atoms with E-state index in [9.17, 15) is 18.0 Å². The first-order chi connectivity index (χ1) is 14.7. The highest BCUT2D eigenvalue weighted by atomic mass is 35.5. The molecule has 0 fully saturated rings. The van der Waals surface area contributed by atoms with E-state index >= 15 is 0 Å². The number of aromatic nitrogens is 2. The first-order valence-corrected chi connectivity index (χ1v) is 9.43. The summed E-state index contributed by atoms with van der Waals surface area (Å²) < 4.78 is 46.5. The molecule has 1 amide bonds. The van der Waals surface area contributed by atoms with Crippen molar-refractivity contribution in [2.45, 2.75) is 19.9 Å². The summed E-state index contributed by atoms with van der Waals surface area (Å²) in [4.78, 5) is 18.8. The molecule has 1 heterocycles. The number of imidazole rings is 1. The molecule has 11 heteroatoms. The molecule has 3 aromatic rings. The van der Waals surface area contributed by atoms with E-state index < -0.39 is 29.5 Å². The van der Waals surface area contributed by atoms with Gasteiger partial charge in [-0.2, -0.15) is 5.26 Å². The van der Waals surface area contributed by atoms with Gasteiger partial charge in [-0.25, -0.2) is 18.2 Å². The Morgan fingerprint density at radius 1 is 1.32 bits per heavy atom. The number of halogens is 5. The van der Waals surface area contributed by atoms with Crippen LogP contribution in [0.2, 0.25) is 10.2 Å². The number of carbonyl (C=O) groups excluding carboxylic acids is 1. The molecule has 3 rings (SSSR count). The highest BCUT2D eigenvalue weighted by Gasteiger charge is 2.19. The summed E-state index contributed by atoms with van der Waals surface area (Å²) in [6, 6.07) is 7.57. The third-order valence-electron chi connectivity index (χ3n) is 4.10. The normalized spacial score (nSPS) is 10.8. The van der Waals surface area contributed by atoms with Crippen LogP contribution in [0.5, 0.6) is 11.5 Å². The molecule has 0 saturated carbocycles. The number of benzene rings is 2. The van der Waals surface area contributed by atoms with Gasteiger partial charge in [0.15, 0.2) is 16.7 Å². The molecule has 0 aliphatic heterocycles. The second-order valence-electron chi connectivity index (χ2n) is 6.33. The smallest absolute Gasteiger partial charge is 0.271 e. The minimum atomic E-state index is -2.85. The molecule has 0 spiro atoms. The van der Waals surface area contributed by atoms with Gasteiger partial charge in [0.1, 0.15) is 17.3 Å². The van der Waals surface area contributed by atoms with Crippen LogP contribution in [0.4, 0.5) is 13.2 Å². The fourth-order valence-corrected chi connectivity index (χ4v) is 3.12. The lowest BCUT2D eigenvalue weighted by Gasteiger charge is -2.13. The molecule has 0 unspecified atom stereocenters. The molecule has 6 nitrogen and oxygen atoms in total. The first kappa shape index (κ1) is 22.5. The van der Waals surface area contributed by atoms with Crippen molar-refractivity contribution in [2.75, 3.05) is 0 Å². The Labute approximate surface area is 184 Å². The fourth-order valence-electron chi connectivity index (χ4n) is 2.67. The zero-order chi connectivity index (χ0) is 22.7. The topological polar surface area (TPSA) is 90.8 Å². The summed E-state index contributed by atoms with van der Waals surface area (Å²) in [6.07, 6.45) is -2.85. The highest BCUT2D eigenvalue weighted by Crippen LogP contribution is 2.35. The van der Waals surface area contributed by atoms with Gasteiger partial charge in [0, 0.05) is 17.7 Å². The molecule has 2 N–H and O–H groups in total. The quantitative estimate of drug-likeness (QED) is 0.485. The summed E-state index contributed by atoms with van der Waals surface area (Å²) in [6.45, 7) is 1.37. The maximum atomic E-state index is 15.0. The van der Waals surface area contributed by atoms with Crippen LogP contribution in [-0.4, -0.2) is 15.9 Å². The Morgan fingerprint density at radius 3 is 2.68 bits per heavy atom. The molecular formula is C20H13Cl2F3N4O2. The second-order valence-corrected chi connectivity index (χ2v) is 7.09. The molecule has 0 aliphatic rings. The van der Waals surface area contributed by atoms with Crippen molar-refractivity contribution in [1.82, 2.24) is 15.3 Å². The van der Waals surface area contributed by atoms with Gasteiger partial charge in [-0.05, 0) is 31.2 Å². The van der Waals surface area contributed by atoms with Crippen molar-refractivity contribution in [2.24, 2.45) is 0 Å². The lowest BCUT2D eigenvalue weighted by atomic mass is 10.1. The van der Waals surface area contributed by atoms with E-state index in [0.717, 1.165) is 12.1 Å².